The number of carbonyl (C=O) groups excluding carboxylic acids is 1. The largest absolute Gasteiger partial charge is 0.350 e. The minimum atomic E-state index is 0.0407. The molecule has 0 fully saturated rings. The van der Waals surface area contributed by atoms with Gasteiger partial charge in [0, 0.05) is 12.6 Å². The summed E-state index contributed by atoms with van der Waals surface area (Å²) >= 11 is 0. The molecule has 0 aromatic carbocycles. The van der Waals surface area contributed by atoms with E-state index in [9.17, 15) is 4.79 Å². The van der Waals surface area contributed by atoms with Gasteiger partial charge < -0.3 is 11.1 Å². The molecule has 1 amide bonds. The second kappa shape index (κ2) is 6.90. The second-order valence-electron chi connectivity index (χ2n) is 3.86. The molecule has 88 valence electrons. The monoisotopic (exact) mass is 222 g/mol. The van der Waals surface area contributed by atoms with Gasteiger partial charge in [-0.25, -0.2) is 9.97 Å². The molecular weight excluding hydrogens is 204 g/mol. The predicted molar refractivity (Wildman–Crippen MR) is 61.3 cm³/mol. The van der Waals surface area contributed by atoms with Crippen LogP contribution in [0.15, 0.2) is 18.6 Å². The Balaban J connectivity index is 2.20. The molecule has 5 nitrogen and oxygen atoms in total. The van der Waals surface area contributed by atoms with Crippen molar-refractivity contribution in [2.45, 2.75) is 26.3 Å². The zero-order chi connectivity index (χ0) is 11.8. The van der Waals surface area contributed by atoms with Crippen molar-refractivity contribution >= 4 is 5.91 Å². The van der Waals surface area contributed by atoms with Gasteiger partial charge in [0.1, 0.15) is 6.33 Å². The van der Waals surface area contributed by atoms with Crippen LogP contribution in [0.5, 0.6) is 0 Å². The number of rotatable bonds is 6. The number of carbonyl (C=O) groups is 1. The molecule has 0 aliphatic rings. The van der Waals surface area contributed by atoms with Crippen molar-refractivity contribution in [3.8, 4) is 0 Å². The van der Waals surface area contributed by atoms with E-state index in [1.54, 1.807) is 12.3 Å². The number of aromatic nitrogens is 2. The summed E-state index contributed by atoms with van der Waals surface area (Å²) in [7, 11) is 0. The first-order valence-corrected chi connectivity index (χ1v) is 5.44. The van der Waals surface area contributed by atoms with E-state index in [1.165, 1.54) is 6.33 Å². The minimum Gasteiger partial charge on any atom is -0.350 e. The number of nitrogens with two attached hydrogens (primary N) is 1. The molecule has 3 N–H and O–H groups in total. The third-order valence-electron chi connectivity index (χ3n) is 2.38. The van der Waals surface area contributed by atoms with E-state index in [0.29, 0.717) is 25.4 Å². The lowest BCUT2D eigenvalue weighted by Gasteiger charge is -2.08. The summed E-state index contributed by atoms with van der Waals surface area (Å²) < 4.78 is 0. The summed E-state index contributed by atoms with van der Waals surface area (Å²) in [6.07, 6.45) is 4.47. The average molecular weight is 222 g/mol. The topological polar surface area (TPSA) is 80.9 Å². The Labute approximate surface area is 95.5 Å². The molecule has 16 heavy (non-hydrogen) atoms. The normalized spacial score (nSPS) is 12.1. The maximum atomic E-state index is 11.4. The smallest absolute Gasteiger partial charge is 0.220 e. The van der Waals surface area contributed by atoms with Crippen molar-refractivity contribution < 1.29 is 4.79 Å². The lowest BCUT2D eigenvalue weighted by atomic mass is 10.1. The fraction of sp³-hybridized carbons (Fsp3) is 0.545. The van der Waals surface area contributed by atoms with E-state index in [0.717, 1.165) is 12.1 Å². The first-order valence-electron chi connectivity index (χ1n) is 5.44. The zero-order valence-corrected chi connectivity index (χ0v) is 9.52. The Morgan fingerprint density at radius 2 is 2.44 bits per heavy atom. The van der Waals surface area contributed by atoms with Crippen molar-refractivity contribution in [1.82, 2.24) is 15.3 Å². The molecule has 0 aliphatic carbocycles. The molecule has 0 radical (unpaired) electrons. The molecule has 1 atom stereocenters. The van der Waals surface area contributed by atoms with Crippen LogP contribution in [0.2, 0.25) is 0 Å². The Kier molecular flexibility index (Phi) is 5.42. The molecule has 5 heteroatoms. The number of nitrogens with one attached hydrogen (secondary N) is 1. The van der Waals surface area contributed by atoms with Crippen LogP contribution < -0.4 is 11.1 Å². The van der Waals surface area contributed by atoms with Gasteiger partial charge in [-0.15, -0.1) is 0 Å². The van der Waals surface area contributed by atoms with E-state index in [-0.39, 0.29) is 5.91 Å². The van der Waals surface area contributed by atoms with Crippen LogP contribution in [-0.4, -0.2) is 22.4 Å². The Morgan fingerprint density at radius 1 is 1.62 bits per heavy atom. The SMILES string of the molecule is CC(CN)CCC(=O)NCc1ccncn1. The number of hydrogen-bond donors (Lipinski definition) is 2. The van der Waals surface area contributed by atoms with Gasteiger partial charge in [-0.05, 0) is 24.9 Å². The minimum absolute atomic E-state index is 0.0407. The van der Waals surface area contributed by atoms with Crippen molar-refractivity contribution in [2.24, 2.45) is 11.7 Å². The van der Waals surface area contributed by atoms with E-state index in [1.807, 2.05) is 6.92 Å². The van der Waals surface area contributed by atoms with Crippen LogP contribution in [0, 0.1) is 5.92 Å². The zero-order valence-electron chi connectivity index (χ0n) is 9.52. The average Bonchev–Trinajstić information content (AvgIpc) is 2.34. The Morgan fingerprint density at radius 3 is 3.06 bits per heavy atom. The third kappa shape index (κ3) is 4.84. The summed E-state index contributed by atoms with van der Waals surface area (Å²) in [5.74, 6) is 0.434. The van der Waals surface area contributed by atoms with Crippen LogP contribution in [0.25, 0.3) is 0 Å². The lowest BCUT2D eigenvalue weighted by Crippen LogP contribution is -2.24. The van der Waals surface area contributed by atoms with Gasteiger partial charge >= 0.3 is 0 Å². The highest BCUT2D eigenvalue weighted by Gasteiger charge is 2.05. The van der Waals surface area contributed by atoms with Gasteiger partial charge in [0.2, 0.25) is 5.91 Å². The Bertz CT molecular complexity index is 315. The van der Waals surface area contributed by atoms with Crippen LogP contribution in [0.4, 0.5) is 0 Å². The lowest BCUT2D eigenvalue weighted by molar-refractivity contribution is -0.121. The molecule has 1 unspecified atom stereocenters. The standard InChI is InChI=1S/C11H18N4O/c1-9(6-12)2-3-11(16)14-7-10-4-5-13-8-15-10/h4-5,8-9H,2-3,6-7,12H2,1H3,(H,14,16). The summed E-state index contributed by atoms with van der Waals surface area (Å²) in [5, 5.41) is 2.81. The predicted octanol–water partition coefficient (Wildman–Crippen LogP) is 0.468. The number of hydrogen-bond acceptors (Lipinski definition) is 4. The van der Waals surface area contributed by atoms with Crippen molar-refractivity contribution in [3.63, 3.8) is 0 Å². The van der Waals surface area contributed by atoms with Crippen LogP contribution in [-0.2, 0) is 11.3 Å². The van der Waals surface area contributed by atoms with E-state index in [2.05, 4.69) is 15.3 Å². The van der Waals surface area contributed by atoms with Crippen LogP contribution >= 0.6 is 0 Å². The molecule has 0 aliphatic heterocycles. The van der Waals surface area contributed by atoms with E-state index >= 15 is 0 Å². The van der Waals surface area contributed by atoms with E-state index < -0.39 is 0 Å². The molecule has 1 rings (SSSR count). The second-order valence-corrected chi connectivity index (χ2v) is 3.86. The molecule has 1 heterocycles. The molecule has 0 spiro atoms. The highest BCUT2D eigenvalue weighted by molar-refractivity contribution is 5.75. The fourth-order valence-corrected chi connectivity index (χ4v) is 1.20. The summed E-state index contributed by atoms with van der Waals surface area (Å²) in [6, 6.07) is 1.78. The van der Waals surface area contributed by atoms with Gasteiger partial charge in [0.15, 0.2) is 0 Å². The van der Waals surface area contributed by atoms with Gasteiger partial charge in [-0.2, -0.15) is 0 Å². The molecular formula is C11H18N4O. The third-order valence-corrected chi connectivity index (χ3v) is 2.38. The van der Waals surface area contributed by atoms with Gasteiger partial charge in [0.05, 0.1) is 12.2 Å². The van der Waals surface area contributed by atoms with Crippen molar-refractivity contribution in [1.29, 1.82) is 0 Å². The van der Waals surface area contributed by atoms with Crippen LogP contribution in [0.1, 0.15) is 25.5 Å². The summed E-state index contributed by atoms with van der Waals surface area (Å²) in [5.41, 5.74) is 6.29. The molecule has 0 saturated carbocycles. The van der Waals surface area contributed by atoms with Crippen molar-refractivity contribution in [3.05, 3.63) is 24.3 Å². The molecule has 0 bridgehead atoms. The highest BCUT2D eigenvalue weighted by Crippen LogP contribution is 2.02. The fourth-order valence-electron chi connectivity index (χ4n) is 1.20. The summed E-state index contributed by atoms with van der Waals surface area (Å²) in [6.45, 7) is 3.12. The Hall–Kier alpha value is -1.49. The van der Waals surface area contributed by atoms with Crippen molar-refractivity contribution in [2.75, 3.05) is 6.54 Å². The highest BCUT2D eigenvalue weighted by atomic mass is 16.1. The van der Waals surface area contributed by atoms with Gasteiger partial charge in [-0.3, -0.25) is 4.79 Å². The maximum Gasteiger partial charge on any atom is 0.220 e. The molecule has 0 saturated heterocycles. The van der Waals surface area contributed by atoms with Gasteiger partial charge in [-0.1, -0.05) is 6.92 Å². The molecule has 1 aromatic heterocycles. The molecule has 1 aromatic rings. The first-order chi connectivity index (χ1) is 7.72. The quantitative estimate of drug-likeness (QED) is 0.733. The summed E-state index contributed by atoms with van der Waals surface area (Å²) in [4.78, 5) is 19.3. The first kappa shape index (κ1) is 12.6. The number of nitrogens with zero attached hydrogens (tertiary/aromatic N) is 2. The van der Waals surface area contributed by atoms with Gasteiger partial charge in [0.25, 0.3) is 0 Å². The maximum absolute atomic E-state index is 11.4. The number of amides is 1. The van der Waals surface area contributed by atoms with Crippen LogP contribution in [0.3, 0.4) is 0 Å². The van der Waals surface area contributed by atoms with E-state index in [4.69, 9.17) is 5.73 Å².